The topological polar surface area (TPSA) is 65.1 Å². The van der Waals surface area contributed by atoms with E-state index in [1.807, 2.05) is 21.0 Å². The Labute approximate surface area is 73.9 Å². The first-order valence-electron chi connectivity index (χ1n) is 3.93. The number of likely N-dealkylation sites (N-methyl/N-ethyl adjacent to an activating group) is 1. The molecule has 0 aromatic carbocycles. The summed E-state index contributed by atoms with van der Waals surface area (Å²) in [4.78, 5) is 2.09. The normalized spacial score (nSPS) is 11.8. The molecule has 0 saturated carbocycles. The highest BCUT2D eigenvalue weighted by Crippen LogP contribution is 1.84. The van der Waals surface area contributed by atoms with E-state index in [1.54, 1.807) is 6.08 Å². The van der Waals surface area contributed by atoms with Gasteiger partial charge < -0.3 is 16.0 Å². The molecule has 0 aromatic heterocycles. The Hall–Kier alpha value is -1.03. The van der Waals surface area contributed by atoms with E-state index in [1.165, 1.54) is 0 Å². The maximum atomic E-state index is 7.00. The summed E-state index contributed by atoms with van der Waals surface area (Å²) >= 11 is 0. The summed E-state index contributed by atoms with van der Waals surface area (Å²) in [5, 5.41) is 10.1. The first kappa shape index (κ1) is 11.0. The van der Waals surface area contributed by atoms with Gasteiger partial charge in [-0.3, -0.25) is 5.41 Å². The minimum Gasteiger partial charge on any atom is -0.387 e. The van der Waals surface area contributed by atoms with Crippen LogP contribution in [0, 0.1) is 5.41 Å². The summed E-state index contributed by atoms with van der Waals surface area (Å²) in [6.07, 6.45) is 1.61. The van der Waals surface area contributed by atoms with Gasteiger partial charge in [0.25, 0.3) is 0 Å². The van der Waals surface area contributed by atoms with E-state index in [0.29, 0.717) is 0 Å². The Kier molecular flexibility index (Phi) is 5.12. The van der Waals surface area contributed by atoms with Crippen molar-refractivity contribution >= 4 is 5.84 Å². The highest BCUT2D eigenvalue weighted by atomic mass is 15.1. The van der Waals surface area contributed by atoms with Crippen molar-refractivity contribution in [3.8, 4) is 0 Å². The number of rotatable bonds is 5. The Morgan fingerprint density at radius 3 is 2.58 bits per heavy atom. The molecule has 0 rings (SSSR count). The summed E-state index contributed by atoms with van der Waals surface area (Å²) in [5.41, 5.74) is 6.12. The average molecular weight is 170 g/mol. The van der Waals surface area contributed by atoms with Crippen LogP contribution >= 0.6 is 0 Å². The van der Waals surface area contributed by atoms with Gasteiger partial charge in [-0.2, -0.15) is 0 Å². The van der Waals surface area contributed by atoms with Crippen LogP contribution in [0.2, 0.25) is 0 Å². The Bertz CT molecular complexity index is 172. The van der Waals surface area contributed by atoms with Crippen molar-refractivity contribution in [1.82, 2.24) is 10.2 Å². The fraction of sp³-hybridized carbons (Fsp3) is 0.625. The van der Waals surface area contributed by atoms with Crippen LogP contribution in [0.5, 0.6) is 0 Å². The molecule has 0 atom stereocenters. The lowest BCUT2D eigenvalue weighted by Gasteiger charge is -2.11. The van der Waals surface area contributed by atoms with Gasteiger partial charge in [-0.25, -0.2) is 0 Å². The summed E-state index contributed by atoms with van der Waals surface area (Å²) in [6.45, 7) is 3.75. The van der Waals surface area contributed by atoms with Crippen molar-refractivity contribution in [3.63, 3.8) is 0 Å². The minimum atomic E-state index is 0.0878. The molecule has 4 N–H and O–H groups in total. The van der Waals surface area contributed by atoms with Crippen LogP contribution in [-0.4, -0.2) is 37.9 Å². The summed E-state index contributed by atoms with van der Waals surface area (Å²) < 4.78 is 0. The van der Waals surface area contributed by atoms with Gasteiger partial charge in [-0.15, -0.1) is 0 Å². The molecule has 0 fully saturated rings. The van der Waals surface area contributed by atoms with Gasteiger partial charge in [0.2, 0.25) is 0 Å². The molecule has 70 valence electrons. The van der Waals surface area contributed by atoms with Crippen molar-refractivity contribution in [2.45, 2.75) is 6.92 Å². The molecule has 0 amide bonds. The van der Waals surface area contributed by atoms with Gasteiger partial charge in [0.15, 0.2) is 0 Å². The van der Waals surface area contributed by atoms with Crippen LogP contribution < -0.4 is 11.1 Å². The highest BCUT2D eigenvalue weighted by molar-refractivity contribution is 5.88. The zero-order valence-corrected chi connectivity index (χ0v) is 8.02. The van der Waals surface area contributed by atoms with Crippen LogP contribution in [0.15, 0.2) is 11.8 Å². The number of hydrogen-bond acceptors (Lipinski definition) is 3. The van der Waals surface area contributed by atoms with Crippen molar-refractivity contribution < 1.29 is 0 Å². The van der Waals surface area contributed by atoms with E-state index < -0.39 is 0 Å². The second-order valence-corrected chi connectivity index (χ2v) is 3.01. The number of allylic oxidation sites excluding steroid dienone is 1. The third kappa shape index (κ3) is 7.08. The van der Waals surface area contributed by atoms with Crippen LogP contribution in [-0.2, 0) is 0 Å². The van der Waals surface area contributed by atoms with E-state index >= 15 is 0 Å². The first-order valence-corrected chi connectivity index (χ1v) is 3.93. The molecule has 0 spiro atoms. The third-order valence-electron chi connectivity index (χ3n) is 1.33. The summed E-state index contributed by atoms with van der Waals surface area (Å²) in [7, 11) is 4.04. The fourth-order valence-electron chi connectivity index (χ4n) is 0.761. The molecule has 0 radical (unpaired) electrons. The molecule has 0 heterocycles. The molecule has 4 heteroatoms. The quantitative estimate of drug-likeness (QED) is 0.401. The predicted molar refractivity (Wildman–Crippen MR) is 52.2 cm³/mol. The van der Waals surface area contributed by atoms with Gasteiger partial charge in [0.1, 0.15) is 5.84 Å². The van der Waals surface area contributed by atoms with Crippen LogP contribution in [0.25, 0.3) is 0 Å². The van der Waals surface area contributed by atoms with Crippen LogP contribution in [0.1, 0.15) is 6.92 Å². The van der Waals surface area contributed by atoms with E-state index in [2.05, 4.69) is 10.2 Å². The molecule has 0 aliphatic carbocycles. The monoisotopic (exact) mass is 170 g/mol. The number of nitrogens with one attached hydrogen (secondary N) is 2. The average Bonchev–Trinajstić information content (AvgIpc) is 1.84. The number of amidine groups is 1. The second kappa shape index (κ2) is 5.60. The minimum absolute atomic E-state index is 0.0878. The molecule has 0 saturated heterocycles. The first-order chi connectivity index (χ1) is 5.52. The van der Waals surface area contributed by atoms with Gasteiger partial charge in [0, 0.05) is 18.8 Å². The SMILES string of the molecule is C/C(=C/C(=N)N)NCCN(C)C. The molecule has 0 unspecified atom stereocenters. The number of hydrogen-bond donors (Lipinski definition) is 3. The number of nitrogens with two attached hydrogens (primary N) is 1. The zero-order chi connectivity index (χ0) is 9.56. The van der Waals surface area contributed by atoms with Crippen molar-refractivity contribution in [3.05, 3.63) is 11.8 Å². The van der Waals surface area contributed by atoms with Crippen LogP contribution in [0.3, 0.4) is 0 Å². The molecule has 0 aliphatic heterocycles. The van der Waals surface area contributed by atoms with E-state index in [9.17, 15) is 0 Å². The van der Waals surface area contributed by atoms with Crippen LogP contribution in [0.4, 0.5) is 0 Å². The molecular weight excluding hydrogens is 152 g/mol. The molecule has 0 aliphatic rings. The second-order valence-electron chi connectivity index (χ2n) is 3.01. The standard InChI is InChI=1S/C8H18N4/c1-7(6-8(9)10)11-4-5-12(2)3/h6,11H,4-5H2,1-3H3,(H3,9,10)/b7-6-. The number of nitrogens with zero attached hydrogens (tertiary/aromatic N) is 1. The van der Waals surface area contributed by atoms with E-state index in [4.69, 9.17) is 11.1 Å². The summed E-state index contributed by atoms with van der Waals surface area (Å²) in [6, 6.07) is 0. The molecule has 12 heavy (non-hydrogen) atoms. The van der Waals surface area contributed by atoms with Crippen molar-refractivity contribution in [2.24, 2.45) is 5.73 Å². The maximum Gasteiger partial charge on any atom is 0.117 e. The Balaban J connectivity index is 3.57. The van der Waals surface area contributed by atoms with Gasteiger partial charge in [-0.1, -0.05) is 0 Å². The Morgan fingerprint density at radius 1 is 1.58 bits per heavy atom. The van der Waals surface area contributed by atoms with E-state index in [-0.39, 0.29) is 5.84 Å². The summed E-state index contributed by atoms with van der Waals surface area (Å²) in [5.74, 6) is 0.0878. The molecule has 0 aromatic rings. The lowest BCUT2D eigenvalue weighted by atomic mass is 10.4. The van der Waals surface area contributed by atoms with Gasteiger partial charge >= 0.3 is 0 Å². The lowest BCUT2D eigenvalue weighted by molar-refractivity contribution is 0.408. The fourth-order valence-corrected chi connectivity index (χ4v) is 0.761. The zero-order valence-electron chi connectivity index (χ0n) is 8.02. The van der Waals surface area contributed by atoms with Gasteiger partial charge in [0.05, 0.1) is 0 Å². The van der Waals surface area contributed by atoms with Crippen molar-refractivity contribution in [1.29, 1.82) is 5.41 Å². The third-order valence-corrected chi connectivity index (χ3v) is 1.33. The largest absolute Gasteiger partial charge is 0.387 e. The van der Waals surface area contributed by atoms with E-state index in [0.717, 1.165) is 18.8 Å². The molecule has 4 nitrogen and oxygen atoms in total. The highest BCUT2D eigenvalue weighted by Gasteiger charge is 1.90. The molecule has 0 bridgehead atoms. The Morgan fingerprint density at radius 2 is 2.17 bits per heavy atom. The maximum absolute atomic E-state index is 7.00. The van der Waals surface area contributed by atoms with Crippen molar-refractivity contribution in [2.75, 3.05) is 27.2 Å². The van der Waals surface area contributed by atoms with Gasteiger partial charge in [-0.05, 0) is 27.1 Å². The predicted octanol–water partition coefficient (Wildman–Crippen LogP) is -0.0226. The lowest BCUT2D eigenvalue weighted by Crippen LogP contribution is -2.26. The molecular formula is C8H18N4. The smallest absolute Gasteiger partial charge is 0.117 e.